The summed E-state index contributed by atoms with van der Waals surface area (Å²) in [5.41, 5.74) is 6.69. The molecule has 2 fully saturated rings. The van der Waals surface area contributed by atoms with Crippen LogP contribution in [0.2, 0.25) is 0 Å². The van der Waals surface area contributed by atoms with Crippen molar-refractivity contribution in [2.75, 3.05) is 25.4 Å². The minimum atomic E-state index is -0.236. The summed E-state index contributed by atoms with van der Waals surface area (Å²) in [6, 6.07) is 5.05. The summed E-state index contributed by atoms with van der Waals surface area (Å²) in [5.74, 6) is 0.233. The van der Waals surface area contributed by atoms with Crippen molar-refractivity contribution in [2.24, 2.45) is 0 Å². The van der Waals surface area contributed by atoms with Crippen molar-refractivity contribution in [1.29, 1.82) is 0 Å². The van der Waals surface area contributed by atoms with Crippen LogP contribution in [0.25, 0.3) is 0 Å². The minimum Gasteiger partial charge on any atom is -0.459 e. The van der Waals surface area contributed by atoms with Crippen molar-refractivity contribution in [2.45, 2.75) is 57.2 Å². The summed E-state index contributed by atoms with van der Waals surface area (Å²) in [6.07, 6.45) is 4.78. The Kier molecular flexibility index (Phi) is 5.95. The van der Waals surface area contributed by atoms with Gasteiger partial charge < -0.3 is 25.1 Å². The van der Waals surface area contributed by atoms with Crippen molar-refractivity contribution in [1.82, 2.24) is 20.2 Å². The fraction of sp³-hybridized carbons (Fsp3) is 0.545. The normalized spacial score (nSPS) is 20.4. The first-order chi connectivity index (χ1) is 14.8. The molecule has 2 saturated heterocycles. The number of carbonyl (C=O) groups excluding carboxylic acids is 2. The summed E-state index contributed by atoms with van der Waals surface area (Å²) in [6.45, 7) is 5.66. The topological polar surface area (TPSA) is 124 Å². The molecule has 2 aromatic rings. The van der Waals surface area contributed by atoms with Crippen molar-refractivity contribution < 1.29 is 18.7 Å². The number of hydrogen-bond donors (Lipinski definition) is 2. The third-order valence-corrected chi connectivity index (χ3v) is 6.11. The van der Waals surface area contributed by atoms with Crippen molar-refractivity contribution >= 4 is 17.8 Å². The fourth-order valence-electron chi connectivity index (χ4n) is 4.28. The van der Waals surface area contributed by atoms with Gasteiger partial charge in [0.25, 0.3) is 11.8 Å². The Hall–Kier alpha value is -2.94. The molecule has 0 radical (unpaired) electrons. The van der Waals surface area contributed by atoms with Gasteiger partial charge in [-0.2, -0.15) is 0 Å². The van der Waals surface area contributed by atoms with E-state index in [1.54, 1.807) is 18.2 Å². The Morgan fingerprint density at radius 3 is 2.74 bits per heavy atom. The van der Waals surface area contributed by atoms with Gasteiger partial charge in [-0.15, -0.1) is 0 Å². The molecule has 3 N–H and O–H groups in total. The number of nitrogen functional groups attached to an aromatic ring is 1. The van der Waals surface area contributed by atoms with Crippen LogP contribution in [-0.2, 0) is 4.74 Å². The number of amides is 2. The molecule has 2 aromatic heterocycles. The van der Waals surface area contributed by atoms with Crippen LogP contribution in [0.3, 0.4) is 0 Å². The van der Waals surface area contributed by atoms with E-state index in [2.05, 4.69) is 15.3 Å². The third kappa shape index (κ3) is 4.71. The third-order valence-electron chi connectivity index (χ3n) is 6.11. The number of ether oxygens (including phenoxy) is 1. The van der Waals surface area contributed by atoms with Crippen molar-refractivity contribution in [3.05, 3.63) is 41.6 Å². The summed E-state index contributed by atoms with van der Waals surface area (Å²) in [7, 11) is 0. The first-order valence-electron chi connectivity index (χ1n) is 10.8. The minimum absolute atomic E-state index is 0.0311. The van der Waals surface area contributed by atoms with E-state index >= 15 is 0 Å². The van der Waals surface area contributed by atoms with Crippen LogP contribution >= 0.6 is 0 Å². The van der Waals surface area contributed by atoms with Gasteiger partial charge in [0.1, 0.15) is 5.69 Å². The number of anilines is 1. The molecule has 2 amide bonds. The number of likely N-dealkylation sites (tertiary alicyclic amines) is 1. The Morgan fingerprint density at radius 1 is 1.29 bits per heavy atom. The van der Waals surface area contributed by atoms with Crippen LogP contribution in [0.5, 0.6) is 0 Å². The molecule has 9 nitrogen and oxygen atoms in total. The quantitative estimate of drug-likeness (QED) is 0.751. The molecule has 1 unspecified atom stereocenters. The van der Waals surface area contributed by atoms with Gasteiger partial charge >= 0.3 is 0 Å². The number of furan rings is 1. The lowest BCUT2D eigenvalue weighted by molar-refractivity contribution is -0.0713. The second-order valence-electron chi connectivity index (χ2n) is 8.63. The van der Waals surface area contributed by atoms with E-state index in [0.717, 1.165) is 31.4 Å². The van der Waals surface area contributed by atoms with E-state index in [1.165, 1.54) is 6.26 Å². The average Bonchev–Trinajstić information content (AvgIpc) is 3.42. The van der Waals surface area contributed by atoms with E-state index in [0.29, 0.717) is 31.1 Å². The predicted octanol–water partition coefficient (Wildman–Crippen LogP) is 2.36. The number of rotatable bonds is 5. The van der Waals surface area contributed by atoms with Crippen LogP contribution < -0.4 is 11.1 Å². The molecular weight excluding hydrogens is 398 g/mol. The van der Waals surface area contributed by atoms with E-state index in [-0.39, 0.29) is 35.4 Å². The van der Waals surface area contributed by atoms with E-state index in [4.69, 9.17) is 14.9 Å². The van der Waals surface area contributed by atoms with Crippen molar-refractivity contribution in [3.8, 4) is 0 Å². The highest BCUT2D eigenvalue weighted by atomic mass is 16.5. The molecule has 1 atom stereocenters. The maximum atomic E-state index is 13.0. The maximum absolute atomic E-state index is 13.0. The predicted molar refractivity (Wildman–Crippen MR) is 114 cm³/mol. The lowest BCUT2D eigenvalue weighted by atomic mass is 9.88. The van der Waals surface area contributed by atoms with Crippen LogP contribution in [0.15, 0.2) is 28.9 Å². The number of aromatic nitrogens is 2. The molecular formula is C22H29N5O4. The first kappa shape index (κ1) is 21.3. The highest BCUT2D eigenvalue weighted by Crippen LogP contribution is 2.39. The molecule has 166 valence electrons. The number of nitrogens with one attached hydrogen (secondary N) is 1. The smallest absolute Gasteiger partial charge is 0.287 e. The second kappa shape index (κ2) is 8.66. The molecule has 0 saturated carbocycles. The number of hydrogen-bond acceptors (Lipinski definition) is 7. The highest BCUT2D eigenvalue weighted by molar-refractivity contribution is 5.93. The summed E-state index contributed by atoms with van der Waals surface area (Å²) in [5, 5.41) is 2.87. The standard InChI is InChI=1S/C22H29N5O4/c1-14(2)16-12-17(26-21(23)25-16)20(29)27-9-7-22(8-10-27)6-5-15(31-22)13-24-19(28)18-4-3-11-30-18/h3-4,11-12,14-15H,5-10,13H2,1-2H3,(H,24,28)(H2,23,25,26). The number of nitrogens with zero attached hydrogens (tertiary/aromatic N) is 3. The van der Waals surface area contributed by atoms with E-state index in [1.807, 2.05) is 18.7 Å². The molecule has 4 rings (SSSR count). The largest absolute Gasteiger partial charge is 0.459 e. The molecule has 31 heavy (non-hydrogen) atoms. The number of piperidine rings is 1. The molecule has 1 spiro atoms. The average molecular weight is 428 g/mol. The summed E-state index contributed by atoms with van der Waals surface area (Å²) >= 11 is 0. The van der Waals surface area contributed by atoms with Gasteiger partial charge in [0.05, 0.1) is 18.0 Å². The van der Waals surface area contributed by atoms with Gasteiger partial charge in [-0.05, 0) is 49.8 Å². The van der Waals surface area contributed by atoms with Crippen LogP contribution in [0, 0.1) is 0 Å². The lowest BCUT2D eigenvalue weighted by Crippen LogP contribution is -2.47. The fourth-order valence-corrected chi connectivity index (χ4v) is 4.28. The monoisotopic (exact) mass is 427 g/mol. The van der Waals surface area contributed by atoms with E-state index < -0.39 is 0 Å². The SMILES string of the molecule is CC(C)c1cc(C(=O)N2CCC3(CCC(CNC(=O)c4ccco4)O3)CC2)nc(N)n1. The number of carbonyl (C=O) groups is 2. The summed E-state index contributed by atoms with van der Waals surface area (Å²) in [4.78, 5) is 35.2. The molecule has 0 aliphatic carbocycles. The summed E-state index contributed by atoms with van der Waals surface area (Å²) < 4.78 is 11.4. The molecule has 4 heterocycles. The van der Waals surface area contributed by atoms with Gasteiger partial charge in [0.15, 0.2) is 5.76 Å². The first-order valence-corrected chi connectivity index (χ1v) is 10.8. The Morgan fingerprint density at radius 2 is 2.06 bits per heavy atom. The van der Waals surface area contributed by atoms with Gasteiger partial charge in [-0.25, -0.2) is 9.97 Å². The highest BCUT2D eigenvalue weighted by Gasteiger charge is 2.43. The molecule has 2 aliphatic heterocycles. The zero-order chi connectivity index (χ0) is 22.0. The van der Waals surface area contributed by atoms with Crippen molar-refractivity contribution in [3.63, 3.8) is 0 Å². The molecule has 2 aliphatic rings. The zero-order valence-electron chi connectivity index (χ0n) is 18.0. The molecule has 9 heteroatoms. The maximum Gasteiger partial charge on any atom is 0.287 e. The van der Waals surface area contributed by atoms with E-state index in [9.17, 15) is 9.59 Å². The van der Waals surface area contributed by atoms with Gasteiger partial charge in [0, 0.05) is 25.3 Å². The Bertz CT molecular complexity index is 935. The molecule has 0 aromatic carbocycles. The molecule has 0 bridgehead atoms. The van der Waals surface area contributed by atoms with Gasteiger partial charge in [-0.3, -0.25) is 9.59 Å². The van der Waals surface area contributed by atoms with Gasteiger partial charge in [-0.1, -0.05) is 13.8 Å². The second-order valence-corrected chi connectivity index (χ2v) is 8.63. The van der Waals surface area contributed by atoms with Crippen LogP contribution in [0.1, 0.15) is 72.2 Å². The van der Waals surface area contributed by atoms with Gasteiger partial charge in [0.2, 0.25) is 5.95 Å². The Labute approximate surface area is 181 Å². The van der Waals surface area contributed by atoms with Crippen LogP contribution in [-0.4, -0.2) is 58.0 Å². The number of nitrogens with two attached hydrogens (primary N) is 1. The Balaban J connectivity index is 1.30. The van der Waals surface area contributed by atoms with Crippen LogP contribution in [0.4, 0.5) is 5.95 Å². The zero-order valence-corrected chi connectivity index (χ0v) is 18.0. The lowest BCUT2D eigenvalue weighted by Gasteiger charge is -2.39.